The third kappa shape index (κ3) is 4.20. The molecule has 4 heteroatoms. The molecule has 0 saturated carbocycles. The zero-order valence-electron chi connectivity index (χ0n) is 6.64. The van der Waals surface area contributed by atoms with Crippen LogP contribution in [0, 0.1) is 3.57 Å². The van der Waals surface area contributed by atoms with Gasteiger partial charge in [0.05, 0.1) is 5.03 Å². The summed E-state index contributed by atoms with van der Waals surface area (Å²) in [6.45, 7) is 0.311. The van der Waals surface area contributed by atoms with Crippen molar-refractivity contribution in [3.63, 3.8) is 0 Å². The normalized spacial score (nSPS) is 11.5. The molecule has 13 heavy (non-hydrogen) atoms. The van der Waals surface area contributed by atoms with Crippen molar-refractivity contribution in [2.24, 2.45) is 0 Å². The first-order valence-electron chi connectivity index (χ1n) is 3.55. The molecular formula is C9H7Cl2IO. The Labute approximate surface area is 101 Å². The van der Waals surface area contributed by atoms with Crippen LogP contribution in [-0.4, -0.2) is 6.61 Å². The number of ether oxygens (including phenoxy) is 1. The molecule has 1 aromatic rings. The van der Waals surface area contributed by atoms with Crippen molar-refractivity contribution >= 4 is 45.8 Å². The average molecular weight is 329 g/mol. The van der Waals surface area contributed by atoms with Crippen molar-refractivity contribution in [2.75, 3.05) is 6.61 Å². The second kappa shape index (κ2) is 5.73. The average Bonchev–Trinajstić information content (AvgIpc) is 2.14. The fourth-order valence-corrected chi connectivity index (χ4v) is 1.37. The Morgan fingerprint density at radius 1 is 1.54 bits per heavy atom. The van der Waals surface area contributed by atoms with Gasteiger partial charge in [-0.3, -0.25) is 0 Å². The molecule has 0 aliphatic heterocycles. The molecule has 0 amide bonds. The quantitative estimate of drug-likeness (QED) is 0.762. The van der Waals surface area contributed by atoms with Gasteiger partial charge in [0.2, 0.25) is 0 Å². The van der Waals surface area contributed by atoms with E-state index in [4.69, 9.17) is 27.9 Å². The van der Waals surface area contributed by atoms with E-state index in [9.17, 15) is 0 Å². The third-order valence-corrected chi connectivity index (χ3v) is 2.56. The van der Waals surface area contributed by atoms with Crippen LogP contribution in [0.15, 0.2) is 34.8 Å². The summed E-state index contributed by atoms with van der Waals surface area (Å²) in [5.74, 6) is 0.795. The molecule has 0 spiro atoms. The molecule has 1 nitrogen and oxygen atoms in total. The van der Waals surface area contributed by atoms with Gasteiger partial charge in [-0.2, -0.15) is 0 Å². The fourth-order valence-electron chi connectivity index (χ4n) is 0.741. The smallest absolute Gasteiger partial charge is 0.125 e. The van der Waals surface area contributed by atoms with E-state index in [-0.39, 0.29) is 0 Å². The summed E-state index contributed by atoms with van der Waals surface area (Å²) in [5.41, 5.74) is 1.30. The molecular weight excluding hydrogens is 322 g/mol. The van der Waals surface area contributed by atoms with Crippen molar-refractivity contribution in [1.29, 1.82) is 0 Å². The molecule has 0 saturated heterocycles. The predicted octanol–water partition coefficient (Wildman–Crippen LogP) is 3.99. The SMILES string of the molecule is ClC=C(Cl)COc1cccc(I)c1. The second-order valence-electron chi connectivity index (χ2n) is 2.30. The number of hydrogen-bond donors (Lipinski definition) is 0. The maximum atomic E-state index is 5.66. The summed E-state index contributed by atoms with van der Waals surface area (Å²) in [7, 11) is 0. The van der Waals surface area contributed by atoms with Crippen LogP contribution in [0.3, 0.4) is 0 Å². The van der Waals surface area contributed by atoms with E-state index < -0.39 is 0 Å². The van der Waals surface area contributed by atoms with Crippen molar-refractivity contribution in [3.8, 4) is 5.75 Å². The van der Waals surface area contributed by atoms with Gasteiger partial charge in [0.15, 0.2) is 0 Å². The van der Waals surface area contributed by atoms with Gasteiger partial charge in [-0.05, 0) is 40.8 Å². The number of hydrogen-bond acceptors (Lipinski definition) is 1. The van der Waals surface area contributed by atoms with Crippen LogP contribution >= 0.6 is 45.8 Å². The first-order valence-corrected chi connectivity index (χ1v) is 5.45. The highest BCUT2D eigenvalue weighted by atomic mass is 127. The highest BCUT2D eigenvalue weighted by Gasteiger charge is 1.95. The maximum Gasteiger partial charge on any atom is 0.125 e. The zero-order valence-corrected chi connectivity index (χ0v) is 10.3. The standard InChI is InChI=1S/C9H7Cl2IO/c10-5-7(11)6-13-9-3-1-2-8(12)4-9/h1-5H,6H2. The fraction of sp³-hybridized carbons (Fsp3) is 0.111. The topological polar surface area (TPSA) is 9.23 Å². The van der Waals surface area contributed by atoms with Crippen LogP contribution in [0.2, 0.25) is 0 Å². The van der Waals surface area contributed by atoms with Crippen LogP contribution in [-0.2, 0) is 0 Å². The Morgan fingerprint density at radius 2 is 2.31 bits per heavy atom. The number of benzene rings is 1. The van der Waals surface area contributed by atoms with Crippen LogP contribution in [0.5, 0.6) is 5.75 Å². The molecule has 0 bridgehead atoms. The Kier molecular flexibility index (Phi) is 4.91. The molecule has 0 N–H and O–H groups in total. The Bertz CT molecular complexity index is 312. The summed E-state index contributed by atoms with van der Waals surface area (Å²) in [6, 6.07) is 7.72. The van der Waals surface area contributed by atoms with E-state index >= 15 is 0 Å². The Balaban J connectivity index is 2.55. The largest absolute Gasteiger partial charge is 0.488 e. The minimum absolute atomic E-state index is 0.311. The first kappa shape index (κ1) is 11.1. The van der Waals surface area contributed by atoms with Gasteiger partial charge in [-0.1, -0.05) is 29.3 Å². The summed E-state index contributed by atoms with van der Waals surface area (Å²) >= 11 is 13.2. The molecule has 0 aliphatic rings. The first-order chi connectivity index (χ1) is 6.22. The van der Waals surface area contributed by atoms with E-state index in [0.717, 1.165) is 9.32 Å². The van der Waals surface area contributed by atoms with Crippen molar-refractivity contribution in [1.82, 2.24) is 0 Å². The maximum absolute atomic E-state index is 5.66. The van der Waals surface area contributed by atoms with Crippen LogP contribution in [0.4, 0.5) is 0 Å². The molecule has 0 fully saturated rings. The molecule has 70 valence electrons. The van der Waals surface area contributed by atoms with E-state index in [2.05, 4.69) is 22.6 Å². The molecule has 0 aromatic heterocycles. The lowest BCUT2D eigenvalue weighted by Crippen LogP contribution is -1.96. The summed E-state index contributed by atoms with van der Waals surface area (Å²) in [5, 5.41) is 0.487. The minimum Gasteiger partial charge on any atom is -0.488 e. The highest BCUT2D eigenvalue weighted by Crippen LogP contribution is 2.16. The molecule has 0 unspecified atom stereocenters. The van der Waals surface area contributed by atoms with Gasteiger partial charge in [0, 0.05) is 9.11 Å². The zero-order chi connectivity index (χ0) is 9.68. The third-order valence-electron chi connectivity index (χ3n) is 1.29. The second-order valence-corrected chi connectivity index (χ2v) is 4.25. The monoisotopic (exact) mass is 328 g/mol. The van der Waals surface area contributed by atoms with Crippen LogP contribution in [0.1, 0.15) is 0 Å². The van der Waals surface area contributed by atoms with E-state index in [0.29, 0.717) is 11.6 Å². The number of halogens is 3. The van der Waals surface area contributed by atoms with E-state index in [1.165, 1.54) is 5.54 Å². The van der Waals surface area contributed by atoms with Crippen molar-refractivity contribution in [2.45, 2.75) is 0 Å². The van der Waals surface area contributed by atoms with Gasteiger partial charge in [-0.25, -0.2) is 0 Å². The molecule has 1 aromatic carbocycles. The summed E-state index contributed by atoms with van der Waals surface area (Å²) in [6.07, 6.45) is 0. The molecule has 0 atom stereocenters. The van der Waals surface area contributed by atoms with Crippen molar-refractivity contribution < 1.29 is 4.74 Å². The lowest BCUT2D eigenvalue weighted by Gasteiger charge is -2.04. The van der Waals surface area contributed by atoms with Gasteiger partial charge in [0.25, 0.3) is 0 Å². The summed E-state index contributed by atoms with van der Waals surface area (Å²) < 4.78 is 6.48. The Hall–Kier alpha value is 0.0700. The van der Waals surface area contributed by atoms with Crippen molar-refractivity contribution in [3.05, 3.63) is 38.4 Å². The van der Waals surface area contributed by atoms with Gasteiger partial charge in [0.1, 0.15) is 12.4 Å². The van der Waals surface area contributed by atoms with Gasteiger partial charge >= 0.3 is 0 Å². The van der Waals surface area contributed by atoms with E-state index in [1.54, 1.807) is 0 Å². The van der Waals surface area contributed by atoms with E-state index in [1.807, 2.05) is 24.3 Å². The molecule has 0 heterocycles. The minimum atomic E-state index is 0.311. The summed E-state index contributed by atoms with van der Waals surface area (Å²) in [4.78, 5) is 0. The molecule has 1 rings (SSSR count). The lowest BCUT2D eigenvalue weighted by atomic mass is 10.3. The molecule has 0 radical (unpaired) electrons. The number of rotatable bonds is 3. The lowest BCUT2D eigenvalue weighted by molar-refractivity contribution is 0.359. The van der Waals surface area contributed by atoms with Gasteiger partial charge < -0.3 is 4.74 Å². The Morgan fingerprint density at radius 3 is 2.92 bits per heavy atom. The van der Waals surface area contributed by atoms with Crippen LogP contribution < -0.4 is 4.74 Å². The molecule has 0 aliphatic carbocycles. The predicted molar refractivity (Wildman–Crippen MR) is 64.4 cm³/mol. The highest BCUT2D eigenvalue weighted by molar-refractivity contribution is 14.1. The van der Waals surface area contributed by atoms with Crippen LogP contribution in [0.25, 0.3) is 0 Å². The van der Waals surface area contributed by atoms with Gasteiger partial charge in [-0.15, -0.1) is 0 Å².